The molecular formula is C18H20FN2O2P. The van der Waals surface area contributed by atoms with Crippen LogP contribution in [-0.4, -0.2) is 40.7 Å². The summed E-state index contributed by atoms with van der Waals surface area (Å²) >= 11 is 0. The maximum atomic E-state index is 15.0. The molecule has 1 aliphatic heterocycles. The van der Waals surface area contributed by atoms with Gasteiger partial charge in [-0.1, -0.05) is 30.3 Å². The summed E-state index contributed by atoms with van der Waals surface area (Å²) in [5, 5.41) is 9.61. The van der Waals surface area contributed by atoms with Crippen molar-refractivity contribution in [3.63, 3.8) is 0 Å². The molecule has 2 aromatic rings. The summed E-state index contributed by atoms with van der Waals surface area (Å²) in [6.45, 7) is 0.563. The minimum Gasteiger partial charge on any atom is -0.508 e. The van der Waals surface area contributed by atoms with E-state index >= 15 is 0 Å². The van der Waals surface area contributed by atoms with E-state index in [1.807, 2.05) is 0 Å². The van der Waals surface area contributed by atoms with E-state index in [2.05, 4.69) is 9.24 Å². The minimum atomic E-state index is -0.339. The Balaban J connectivity index is 1.93. The van der Waals surface area contributed by atoms with Crippen LogP contribution in [0.4, 0.5) is 4.39 Å². The number of phenolic OH excluding ortho intramolecular Hbond substituents is 1. The lowest BCUT2D eigenvalue weighted by Gasteiger charge is -2.23. The monoisotopic (exact) mass is 346 g/mol. The third-order valence-corrected chi connectivity index (χ3v) is 5.24. The standard InChI is InChI=1S/C18H20FN2O2P/c19-17-12(8-15-18(20)16(24)9-21(15)10-22)4-2-6-14(17)11-3-1-5-13(23)7-11/h1-7,10,15-16,18,23H,8-9,20,24H2. The lowest BCUT2D eigenvalue weighted by molar-refractivity contribution is -0.118. The first kappa shape index (κ1) is 16.9. The van der Waals surface area contributed by atoms with Crippen molar-refractivity contribution in [1.82, 2.24) is 4.90 Å². The topological polar surface area (TPSA) is 66.6 Å². The zero-order valence-electron chi connectivity index (χ0n) is 13.1. The summed E-state index contributed by atoms with van der Waals surface area (Å²) in [5.41, 5.74) is 7.84. The SMILES string of the molecule is NC1C(P)CN(C=O)C1Cc1cccc(-c2cccc(O)c2)c1F. The average molecular weight is 346 g/mol. The van der Waals surface area contributed by atoms with Crippen LogP contribution in [0.3, 0.4) is 0 Å². The van der Waals surface area contributed by atoms with Crippen molar-refractivity contribution >= 4 is 15.6 Å². The van der Waals surface area contributed by atoms with Crippen molar-refractivity contribution in [2.45, 2.75) is 24.2 Å². The lowest BCUT2D eigenvalue weighted by atomic mass is 9.96. The predicted octanol–water partition coefficient (Wildman–Crippen LogP) is 2.15. The van der Waals surface area contributed by atoms with Crippen LogP contribution >= 0.6 is 9.24 Å². The third-order valence-electron chi connectivity index (χ3n) is 4.59. The molecule has 126 valence electrons. The summed E-state index contributed by atoms with van der Waals surface area (Å²) in [7, 11) is 2.65. The molecule has 0 spiro atoms. The summed E-state index contributed by atoms with van der Waals surface area (Å²) in [5.74, 6) is -0.249. The van der Waals surface area contributed by atoms with Crippen LogP contribution in [0.1, 0.15) is 5.56 Å². The Morgan fingerprint density at radius 1 is 1.33 bits per heavy atom. The fourth-order valence-electron chi connectivity index (χ4n) is 3.24. The van der Waals surface area contributed by atoms with Crippen molar-refractivity contribution < 1.29 is 14.3 Å². The Hall–Kier alpha value is -1.97. The molecule has 0 bridgehead atoms. The second kappa shape index (κ2) is 6.88. The van der Waals surface area contributed by atoms with E-state index in [0.717, 1.165) is 6.41 Å². The van der Waals surface area contributed by atoms with Crippen LogP contribution in [-0.2, 0) is 11.2 Å². The van der Waals surface area contributed by atoms with Gasteiger partial charge in [0.25, 0.3) is 0 Å². The van der Waals surface area contributed by atoms with Gasteiger partial charge < -0.3 is 15.7 Å². The van der Waals surface area contributed by atoms with Crippen LogP contribution in [0, 0.1) is 5.82 Å². The van der Waals surface area contributed by atoms with Crippen molar-refractivity contribution in [2.24, 2.45) is 5.73 Å². The van der Waals surface area contributed by atoms with Gasteiger partial charge in [0.2, 0.25) is 6.41 Å². The van der Waals surface area contributed by atoms with E-state index in [0.29, 0.717) is 29.7 Å². The Labute approximate surface area is 142 Å². The second-order valence-electron chi connectivity index (χ2n) is 6.14. The van der Waals surface area contributed by atoms with Crippen LogP contribution < -0.4 is 5.73 Å². The quantitative estimate of drug-likeness (QED) is 0.659. The van der Waals surface area contributed by atoms with Gasteiger partial charge in [-0.2, -0.15) is 0 Å². The zero-order valence-corrected chi connectivity index (χ0v) is 14.3. The van der Waals surface area contributed by atoms with Gasteiger partial charge in [-0.05, 0) is 29.7 Å². The van der Waals surface area contributed by atoms with Crippen LogP contribution in [0.5, 0.6) is 5.75 Å². The molecule has 3 rings (SSSR count). The maximum Gasteiger partial charge on any atom is 0.210 e. The molecule has 6 heteroatoms. The van der Waals surface area contributed by atoms with Gasteiger partial charge in [-0.15, -0.1) is 9.24 Å². The molecule has 1 aliphatic rings. The highest BCUT2D eigenvalue weighted by Gasteiger charge is 2.37. The van der Waals surface area contributed by atoms with Gasteiger partial charge in [0.1, 0.15) is 11.6 Å². The molecular weight excluding hydrogens is 326 g/mol. The molecule has 0 aliphatic carbocycles. The summed E-state index contributed by atoms with van der Waals surface area (Å²) < 4.78 is 15.0. The molecule has 1 fully saturated rings. The van der Waals surface area contributed by atoms with Crippen LogP contribution in [0.15, 0.2) is 42.5 Å². The summed E-state index contributed by atoms with van der Waals surface area (Å²) in [4.78, 5) is 12.9. The number of phenols is 1. The Kier molecular flexibility index (Phi) is 4.83. The van der Waals surface area contributed by atoms with E-state index in [-0.39, 0.29) is 29.3 Å². The van der Waals surface area contributed by atoms with Crippen molar-refractivity contribution in [3.8, 4) is 16.9 Å². The van der Waals surface area contributed by atoms with Crippen molar-refractivity contribution in [2.75, 3.05) is 6.54 Å². The number of benzene rings is 2. The van der Waals surface area contributed by atoms with Crippen LogP contribution in [0.2, 0.25) is 0 Å². The molecule has 3 N–H and O–H groups in total. The van der Waals surface area contributed by atoms with E-state index in [1.165, 1.54) is 6.07 Å². The number of carbonyl (C=O) groups excluding carboxylic acids is 1. The molecule has 0 saturated carbocycles. The van der Waals surface area contributed by atoms with Gasteiger partial charge in [-0.25, -0.2) is 4.39 Å². The molecule has 2 aromatic carbocycles. The lowest BCUT2D eigenvalue weighted by Crippen LogP contribution is -2.42. The van der Waals surface area contributed by atoms with Gasteiger partial charge in [0, 0.05) is 23.8 Å². The minimum absolute atomic E-state index is 0.0908. The van der Waals surface area contributed by atoms with Gasteiger partial charge in [0.15, 0.2) is 0 Å². The molecule has 0 radical (unpaired) electrons. The van der Waals surface area contributed by atoms with Gasteiger partial charge in [-0.3, -0.25) is 4.79 Å². The largest absolute Gasteiger partial charge is 0.508 e. The number of rotatable bonds is 4. The first-order chi connectivity index (χ1) is 11.5. The number of hydrogen-bond donors (Lipinski definition) is 2. The molecule has 4 atom stereocenters. The predicted molar refractivity (Wildman–Crippen MR) is 95.2 cm³/mol. The second-order valence-corrected chi connectivity index (χ2v) is 7.00. The number of aromatic hydroxyl groups is 1. The maximum absolute atomic E-state index is 15.0. The number of halogens is 1. The van der Waals surface area contributed by atoms with E-state index in [4.69, 9.17) is 5.73 Å². The molecule has 24 heavy (non-hydrogen) atoms. The number of amides is 1. The van der Waals surface area contributed by atoms with E-state index in [1.54, 1.807) is 41.3 Å². The van der Waals surface area contributed by atoms with Crippen LogP contribution in [0.25, 0.3) is 11.1 Å². The molecule has 1 saturated heterocycles. The number of nitrogens with zero attached hydrogens (tertiary/aromatic N) is 1. The highest BCUT2D eigenvalue weighted by Crippen LogP contribution is 2.30. The summed E-state index contributed by atoms with van der Waals surface area (Å²) in [6.07, 6.45) is 1.15. The van der Waals surface area contributed by atoms with Gasteiger partial charge in [0.05, 0.1) is 6.04 Å². The van der Waals surface area contributed by atoms with Crippen molar-refractivity contribution in [3.05, 3.63) is 53.8 Å². The van der Waals surface area contributed by atoms with E-state index < -0.39 is 0 Å². The molecule has 1 heterocycles. The third kappa shape index (κ3) is 3.14. The Morgan fingerprint density at radius 3 is 2.79 bits per heavy atom. The summed E-state index contributed by atoms with van der Waals surface area (Å²) in [6, 6.07) is 11.2. The average Bonchev–Trinajstić information content (AvgIpc) is 2.84. The normalized spacial score (nSPS) is 23.5. The number of carbonyl (C=O) groups is 1. The highest BCUT2D eigenvalue weighted by molar-refractivity contribution is 7.17. The zero-order chi connectivity index (χ0) is 17.3. The Morgan fingerprint density at radius 2 is 2.08 bits per heavy atom. The number of likely N-dealkylation sites (tertiary alicyclic amines) is 1. The number of nitrogens with two attached hydrogens (primary N) is 1. The van der Waals surface area contributed by atoms with Gasteiger partial charge >= 0.3 is 0 Å². The fraction of sp³-hybridized carbons (Fsp3) is 0.278. The number of hydrogen-bond acceptors (Lipinski definition) is 3. The van der Waals surface area contributed by atoms with E-state index in [9.17, 15) is 14.3 Å². The first-order valence-electron chi connectivity index (χ1n) is 7.80. The molecule has 4 nitrogen and oxygen atoms in total. The molecule has 1 amide bonds. The smallest absolute Gasteiger partial charge is 0.210 e. The fourth-order valence-corrected chi connectivity index (χ4v) is 3.74. The van der Waals surface area contributed by atoms with Crippen molar-refractivity contribution in [1.29, 1.82) is 0 Å². The first-order valence-corrected chi connectivity index (χ1v) is 8.47. The highest BCUT2D eigenvalue weighted by atomic mass is 31.0. The molecule has 0 aromatic heterocycles. The molecule has 4 unspecified atom stereocenters. The Bertz CT molecular complexity index is 756.